The second-order valence-electron chi connectivity index (χ2n) is 4.39. The van der Waals surface area contributed by atoms with Gasteiger partial charge in [0.25, 0.3) is 0 Å². The third-order valence-electron chi connectivity index (χ3n) is 2.89. The molecule has 0 radical (unpaired) electrons. The lowest BCUT2D eigenvalue weighted by atomic mass is 10.1. The van der Waals surface area contributed by atoms with E-state index in [4.69, 9.17) is 0 Å². The number of rotatable bonds is 3. The number of thioether (sulfide) groups is 1. The lowest BCUT2D eigenvalue weighted by molar-refractivity contribution is -0.122. The molecule has 1 heterocycles. The van der Waals surface area contributed by atoms with Crippen LogP contribution in [0, 0.1) is 5.92 Å². The Kier molecular flexibility index (Phi) is 2.54. The first-order valence-electron chi connectivity index (χ1n) is 5.11. The second kappa shape index (κ2) is 3.52. The molecule has 1 saturated carbocycles. The van der Waals surface area contributed by atoms with Gasteiger partial charge in [0.05, 0.1) is 0 Å². The maximum Gasteiger partial charge on any atom is 0.223 e. The number of carbonyl (C=O) groups is 1. The predicted molar refractivity (Wildman–Crippen MR) is 55.8 cm³/mol. The lowest BCUT2D eigenvalue weighted by Gasteiger charge is -2.22. The molecule has 1 atom stereocenters. The minimum absolute atomic E-state index is 0.286. The summed E-state index contributed by atoms with van der Waals surface area (Å²) in [5, 5.41) is 3.07. The van der Waals surface area contributed by atoms with Crippen LogP contribution in [0.2, 0.25) is 0 Å². The van der Waals surface area contributed by atoms with Gasteiger partial charge in [0.15, 0.2) is 0 Å². The topological polar surface area (TPSA) is 29.1 Å². The molecule has 1 aliphatic carbocycles. The molecule has 0 aromatic rings. The molecule has 1 saturated heterocycles. The highest BCUT2D eigenvalue weighted by Crippen LogP contribution is 2.37. The summed E-state index contributed by atoms with van der Waals surface area (Å²) in [4.78, 5) is 11.4. The SMILES string of the molecule is CC1(CNC(=O)C2CC2)CCCS1. The first-order valence-corrected chi connectivity index (χ1v) is 6.10. The Bertz CT molecular complexity index is 207. The molecular weight excluding hydrogens is 182 g/mol. The Balaban J connectivity index is 1.74. The first-order chi connectivity index (χ1) is 6.20. The molecule has 1 N–H and O–H groups in total. The summed E-state index contributed by atoms with van der Waals surface area (Å²) < 4.78 is 0.324. The van der Waals surface area contributed by atoms with Gasteiger partial charge in [-0.15, -0.1) is 0 Å². The zero-order valence-corrected chi connectivity index (χ0v) is 8.95. The van der Waals surface area contributed by atoms with Gasteiger partial charge in [-0.25, -0.2) is 0 Å². The molecule has 0 aromatic heterocycles. The van der Waals surface area contributed by atoms with E-state index in [1.54, 1.807) is 0 Å². The molecule has 0 bridgehead atoms. The van der Waals surface area contributed by atoms with Gasteiger partial charge in [0, 0.05) is 17.2 Å². The van der Waals surface area contributed by atoms with E-state index in [-0.39, 0.29) is 5.91 Å². The standard InChI is InChI=1S/C10H17NOS/c1-10(5-2-6-13-10)7-11-9(12)8-3-4-8/h8H,2-7H2,1H3,(H,11,12). The van der Waals surface area contributed by atoms with Gasteiger partial charge >= 0.3 is 0 Å². The average Bonchev–Trinajstić information content (AvgIpc) is 2.87. The van der Waals surface area contributed by atoms with Gasteiger partial charge in [-0.2, -0.15) is 11.8 Å². The van der Waals surface area contributed by atoms with Crippen LogP contribution in [-0.2, 0) is 4.79 Å². The molecule has 2 fully saturated rings. The van der Waals surface area contributed by atoms with Crippen molar-refractivity contribution in [2.24, 2.45) is 5.92 Å². The third kappa shape index (κ3) is 2.39. The summed E-state index contributed by atoms with van der Waals surface area (Å²) in [6.45, 7) is 3.13. The lowest BCUT2D eigenvalue weighted by Crippen LogP contribution is -2.37. The monoisotopic (exact) mass is 199 g/mol. The fraction of sp³-hybridized carbons (Fsp3) is 0.900. The van der Waals surface area contributed by atoms with Gasteiger partial charge in [-0.05, 0) is 38.4 Å². The van der Waals surface area contributed by atoms with E-state index in [1.807, 2.05) is 11.8 Å². The van der Waals surface area contributed by atoms with Gasteiger partial charge in [0.2, 0.25) is 5.91 Å². The van der Waals surface area contributed by atoms with Crippen LogP contribution in [0.3, 0.4) is 0 Å². The Morgan fingerprint density at radius 1 is 1.62 bits per heavy atom. The minimum Gasteiger partial charge on any atom is -0.354 e. The molecular formula is C10H17NOS. The summed E-state index contributed by atoms with van der Waals surface area (Å²) in [6, 6.07) is 0. The van der Waals surface area contributed by atoms with Crippen molar-refractivity contribution in [1.82, 2.24) is 5.32 Å². The molecule has 0 spiro atoms. The molecule has 2 rings (SSSR count). The maximum absolute atomic E-state index is 11.4. The largest absolute Gasteiger partial charge is 0.354 e. The molecule has 2 nitrogen and oxygen atoms in total. The van der Waals surface area contributed by atoms with Crippen molar-refractivity contribution >= 4 is 17.7 Å². The molecule has 1 amide bonds. The Morgan fingerprint density at radius 3 is 2.92 bits per heavy atom. The van der Waals surface area contributed by atoms with E-state index in [0.717, 1.165) is 19.4 Å². The van der Waals surface area contributed by atoms with Crippen molar-refractivity contribution in [3.8, 4) is 0 Å². The molecule has 0 aromatic carbocycles. The quantitative estimate of drug-likeness (QED) is 0.751. The molecule has 3 heteroatoms. The number of hydrogen-bond acceptors (Lipinski definition) is 2. The second-order valence-corrected chi connectivity index (χ2v) is 6.08. The maximum atomic E-state index is 11.4. The summed E-state index contributed by atoms with van der Waals surface area (Å²) in [6.07, 6.45) is 4.77. The fourth-order valence-corrected chi connectivity index (χ4v) is 2.98. The normalized spacial score (nSPS) is 33.3. The van der Waals surface area contributed by atoms with Gasteiger partial charge < -0.3 is 5.32 Å². The van der Waals surface area contributed by atoms with E-state index in [1.165, 1.54) is 18.6 Å². The third-order valence-corrected chi connectivity index (χ3v) is 4.42. The smallest absolute Gasteiger partial charge is 0.223 e. The summed E-state index contributed by atoms with van der Waals surface area (Å²) in [7, 11) is 0. The van der Waals surface area contributed by atoms with Crippen LogP contribution in [0.1, 0.15) is 32.6 Å². The van der Waals surface area contributed by atoms with Crippen molar-refractivity contribution < 1.29 is 4.79 Å². The van der Waals surface area contributed by atoms with Crippen LogP contribution in [-0.4, -0.2) is 23.0 Å². The molecule has 13 heavy (non-hydrogen) atoms. The summed E-state index contributed by atoms with van der Waals surface area (Å²) >= 11 is 2.00. The van der Waals surface area contributed by atoms with Crippen LogP contribution < -0.4 is 5.32 Å². The highest BCUT2D eigenvalue weighted by molar-refractivity contribution is 8.00. The summed E-state index contributed by atoms with van der Waals surface area (Å²) in [5.74, 6) is 1.90. The average molecular weight is 199 g/mol. The predicted octanol–water partition coefficient (Wildman–Crippen LogP) is 1.80. The number of hydrogen-bond donors (Lipinski definition) is 1. The van der Waals surface area contributed by atoms with E-state index < -0.39 is 0 Å². The van der Waals surface area contributed by atoms with Crippen LogP contribution in [0.25, 0.3) is 0 Å². The van der Waals surface area contributed by atoms with Gasteiger partial charge in [0.1, 0.15) is 0 Å². The highest BCUT2D eigenvalue weighted by Gasteiger charge is 2.33. The van der Waals surface area contributed by atoms with Crippen molar-refractivity contribution in [3.05, 3.63) is 0 Å². The molecule has 74 valence electrons. The van der Waals surface area contributed by atoms with Crippen molar-refractivity contribution in [1.29, 1.82) is 0 Å². The van der Waals surface area contributed by atoms with Gasteiger partial charge in [-0.1, -0.05) is 0 Å². The van der Waals surface area contributed by atoms with E-state index >= 15 is 0 Å². The summed E-state index contributed by atoms with van der Waals surface area (Å²) in [5.41, 5.74) is 0. The van der Waals surface area contributed by atoms with E-state index in [2.05, 4.69) is 12.2 Å². The van der Waals surface area contributed by atoms with Gasteiger partial charge in [-0.3, -0.25) is 4.79 Å². The van der Waals surface area contributed by atoms with Crippen LogP contribution in [0.4, 0.5) is 0 Å². The van der Waals surface area contributed by atoms with Crippen LogP contribution >= 0.6 is 11.8 Å². The zero-order chi connectivity index (χ0) is 9.31. The number of amides is 1. The van der Waals surface area contributed by atoms with Crippen molar-refractivity contribution in [3.63, 3.8) is 0 Å². The minimum atomic E-state index is 0.286. The number of nitrogens with one attached hydrogen (secondary N) is 1. The Morgan fingerprint density at radius 2 is 2.38 bits per heavy atom. The van der Waals surface area contributed by atoms with Crippen molar-refractivity contribution in [2.75, 3.05) is 12.3 Å². The Labute approximate surface area is 83.8 Å². The van der Waals surface area contributed by atoms with Crippen LogP contribution in [0.5, 0.6) is 0 Å². The zero-order valence-electron chi connectivity index (χ0n) is 8.14. The molecule has 1 aliphatic heterocycles. The van der Waals surface area contributed by atoms with E-state index in [9.17, 15) is 4.79 Å². The first kappa shape index (κ1) is 9.38. The molecule has 2 aliphatic rings. The van der Waals surface area contributed by atoms with E-state index in [0.29, 0.717) is 10.7 Å². The fourth-order valence-electron chi connectivity index (χ4n) is 1.74. The van der Waals surface area contributed by atoms with Crippen molar-refractivity contribution in [2.45, 2.75) is 37.4 Å². The van der Waals surface area contributed by atoms with Crippen LogP contribution in [0.15, 0.2) is 0 Å². The molecule has 1 unspecified atom stereocenters. The highest BCUT2D eigenvalue weighted by atomic mass is 32.2. The number of carbonyl (C=O) groups excluding carboxylic acids is 1. The Hall–Kier alpha value is -0.180.